The van der Waals surface area contributed by atoms with E-state index in [1.807, 2.05) is 48.3 Å². The lowest BCUT2D eigenvalue weighted by Crippen LogP contribution is -2.13. The Kier molecular flexibility index (Phi) is 3.83. The van der Waals surface area contributed by atoms with Crippen molar-refractivity contribution < 1.29 is 0 Å². The van der Waals surface area contributed by atoms with Crippen LogP contribution in [0, 0.1) is 0 Å². The van der Waals surface area contributed by atoms with Gasteiger partial charge in [-0.2, -0.15) is 4.98 Å². The third-order valence-electron chi connectivity index (χ3n) is 3.78. The van der Waals surface area contributed by atoms with Crippen molar-refractivity contribution in [1.29, 1.82) is 0 Å². The smallest absolute Gasteiger partial charge is 0.257 e. The molecule has 0 spiro atoms. The Morgan fingerprint density at radius 3 is 2.79 bits per heavy atom. The quantitative estimate of drug-likeness (QED) is 0.450. The van der Waals surface area contributed by atoms with Gasteiger partial charge in [0, 0.05) is 21.9 Å². The molecule has 0 bridgehead atoms. The molecule has 0 atom stereocenters. The zero-order valence-electron chi connectivity index (χ0n) is 12.4. The number of anilines is 2. The van der Waals surface area contributed by atoms with Gasteiger partial charge in [0.15, 0.2) is 0 Å². The number of nitrogens with zero attached hydrogens (tertiary/aromatic N) is 5. The summed E-state index contributed by atoms with van der Waals surface area (Å²) in [6.45, 7) is 0. The maximum atomic E-state index is 6.37. The largest absolute Gasteiger partial charge is 0.327 e. The minimum atomic E-state index is 0.498. The van der Waals surface area contributed by atoms with Gasteiger partial charge < -0.3 is 4.90 Å². The Balaban J connectivity index is 2.02. The first-order chi connectivity index (χ1) is 11.5. The molecule has 0 radical (unpaired) electrons. The predicted molar refractivity (Wildman–Crippen MR) is 101 cm³/mol. The van der Waals surface area contributed by atoms with Crippen LogP contribution >= 0.6 is 39.1 Å². The molecular formula is C16H10BrCl2N5. The van der Waals surface area contributed by atoms with E-state index in [1.165, 1.54) is 0 Å². The van der Waals surface area contributed by atoms with Gasteiger partial charge in [-0.25, -0.2) is 0 Å². The molecule has 0 unspecified atom stereocenters. The lowest BCUT2D eigenvalue weighted by molar-refractivity contribution is 1.08. The molecule has 0 fully saturated rings. The van der Waals surface area contributed by atoms with E-state index in [-0.39, 0.29) is 0 Å². The zero-order valence-corrected chi connectivity index (χ0v) is 15.5. The second-order valence-corrected chi connectivity index (χ2v) is 7.01. The van der Waals surface area contributed by atoms with E-state index in [2.05, 4.69) is 31.1 Å². The first kappa shape index (κ1) is 15.6. The molecule has 0 N–H and O–H groups in total. The second kappa shape index (κ2) is 5.88. The highest BCUT2D eigenvalue weighted by molar-refractivity contribution is 9.10. The number of aromatic nitrogens is 4. The summed E-state index contributed by atoms with van der Waals surface area (Å²) in [6, 6.07) is 11.3. The molecule has 0 aliphatic carbocycles. The van der Waals surface area contributed by atoms with Gasteiger partial charge >= 0.3 is 0 Å². The monoisotopic (exact) mass is 421 g/mol. The topological polar surface area (TPSA) is 46.3 Å². The average molecular weight is 423 g/mol. The standard InChI is InChI=1S/C16H10BrCl2N5/c1-23(14-6-9(17)2-5-12(14)19)15-11-4-3-10(18)7-13(11)24-8-20-22-16(24)21-15/h2-8H,1H3. The van der Waals surface area contributed by atoms with Gasteiger partial charge in [0.2, 0.25) is 0 Å². The third kappa shape index (κ3) is 2.51. The molecule has 0 saturated heterocycles. The molecule has 2 heterocycles. The van der Waals surface area contributed by atoms with Gasteiger partial charge in [-0.05, 0) is 36.4 Å². The van der Waals surface area contributed by atoms with E-state index in [9.17, 15) is 0 Å². The van der Waals surface area contributed by atoms with Crippen molar-refractivity contribution in [1.82, 2.24) is 19.6 Å². The highest BCUT2D eigenvalue weighted by atomic mass is 79.9. The summed E-state index contributed by atoms with van der Waals surface area (Å²) >= 11 is 16.0. The highest BCUT2D eigenvalue weighted by Crippen LogP contribution is 2.36. The zero-order chi connectivity index (χ0) is 16.8. The molecule has 0 saturated carbocycles. The molecule has 5 nitrogen and oxygen atoms in total. The van der Waals surface area contributed by atoms with Crippen LogP contribution in [0.1, 0.15) is 0 Å². The van der Waals surface area contributed by atoms with Crippen molar-refractivity contribution in [3.8, 4) is 0 Å². The summed E-state index contributed by atoms with van der Waals surface area (Å²) in [5.41, 5.74) is 1.71. The summed E-state index contributed by atoms with van der Waals surface area (Å²) < 4.78 is 2.74. The van der Waals surface area contributed by atoms with E-state index in [1.54, 1.807) is 10.7 Å². The Hall–Kier alpha value is -1.89. The Morgan fingerprint density at radius 2 is 1.96 bits per heavy atom. The van der Waals surface area contributed by atoms with Gasteiger partial charge in [0.1, 0.15) is 12.1 Å². The molecule has 2 aromatic carbocycles. The van der Waals surface area contributed by atoms with Crippen LogP contribution in [0.15, 0.2) is 47.2 Å². The fraction of sp³-hybridized carbons (Fsp3) is 0.0625. The molecule has 2 aromatic heterocycles. The number of fused-ring (bicyclic) bond motifs is 3. The summed E-state index contributed by atoms with van der Waals surface area (Å²) in [5.74, 6) is 1.22. The Morgan fingerprint density at radius 1 is 1.12 bits per heavy atom. The van der Waals surface area contributed by atoms with E-state index < -0.39 is 0 Å². The second-order valence-electron chi connectivity index (χ2n) is 5.25. The van der Waals surface area contributed by atoms with Crippen molar-refractivity contribution in [2.45, 2.75) is 0 Å². The van der Waals surface area contributed by atoms with Crippen LogP contribution in [0.2, 0.25) is 10.0 Å². The first-order valence-electron chi connectivity index (χ1n) is 7.02. The van der Waals surface area contributed by atoms with Crippen LogP contribution < -0.4 is 4.90 Å². The van der Waals surface area contributed by atoms with Crippen LogP contribution in [0.4, 0.5) is 11.5 Å². The molecule has 0 aliphatic heterocycles. The SMILES string of the molecule is CN(c1cc(Br)ccc1Cl)c1nc2nncn2c2cc(Cl)ccc12. The summed E-state index contributed by atoms with van der Waals surface area (Å²) in [5, 5.41) is 10.2. The maximum absolute atomic E-state index is 6.37. The Bertz CT molecular complexity index is 1080. The van der Waals surface area contributed by atoms with E-state index >= 15 is 0 Å². The lowest BCUT2D eigenvalue weighted by atomic mass is 10.2. The third-order valence-corrected chi connectivity index (χ3v) is 4.83. The fourth-order valence-corrected chi connectivity index (χ4v) is 3.40. The minimum absolute atomic E-state index is 0.498. The van der Waals surface area contributed by atoms with E-state index in [0.717, 1.165) is 26.9 Å². The Labute approximate surface area is 156 Å². The van der Waals surface area contributed by atoms with Crippen molar-refractivity contribution in [2.75, 3.05) is 11.9 Å². The summed E-state index contributed by atoms with van der Waals surface area (Å²) in [4.78, 5) is 6.57. The van der Waals surface area contributed by atoms with E-state index in [0.29, 0.717) is 15.8 Å². The summed E-state index contributed by atoms with van der Waals surface area (Å²) in [6.07, 6.45) is 1.62. The van der Waals surface area contributed by atoms with Gasteiger partial charge in [-0.15, -0.1) is 10.2 Å². The van der Waals surface area contributed by atoms with Gasteiger partial charge in [-0.3, -0.25) is 4.40 Å². The number of hydrogen-bond acceptors (Lipinski definition) is 4. The highest BCUT2D eigenvalue weighted by Gasteiger charge is 2.16. The van der Waals surface area contributed by atoms with Crippen molar-refractivity contribution >= 4 is 67.3 Å². The fourth-order valence-electron chi connectivity index (χ4n) is 2.64. The molecule has 24 heavy (non-hydrogen) atoms. The van der Waals surface area contributed by atoms with Crippen LogP contribution in [0.3, 0.4) is 0 Å². The average Bonchev–Trinajstić information content (AvgIpc) is 3.04. The lowest BCUT2D eigenvalue weighted by Gasteiger charge is -2.22. The molecule has 0 amide bonds. The van der Waals surface area contributed by atoms with Gasteiger partial charge in [0.05, 0.1) is 16.2 Å². The molecule has 4 rings (SSSR count). The molecular weight excluding hydrogens is 413 g/mol. The number of hydrogen-bond donors (Lipinski definition) is 0. The number of rotatable bonds is 2. The summed E-state index contributed by atoms with van der Waals surface area (Å²) in [7, 11) is 1.91. The van der Waals surface area contributed by atoms with Crippen LogP contribution in [-0.4, -0.2) is 26.6 Å². The van der Waals surface area contributed by atoms with Crippen LogP contribution in [0.25, 0.3) is 16.7 Å². The van der Waals surface area contributed by atoms with Gasteiger partial charge in [0.25, 0.3) is 5.78 Å². The van der Waals surface area contributed by atoms with Crippen LogP contribution in [0.5, 0.6) is 0 Å². The number of benzene rings is 2. The van der Waals surface area contributed by atoms with Crippen molar-refractivity contribution in [2.24, 2.45) is 0 Å². The maximum Gasteiger partial charge on any atom is 0.257 e. The predicted octanol–water partition coefficient (Wildman–Crippen LogP) is 5.11. The number of halogens is 3. The van der Waals surface area contributed by atoms with Crippen LogP contribution in [-0.2, 0) is 0 Å². The van der Waals surface area contributed by atoms with Gasteiger partial charge in [-0.1, -0.05) is 39.1 Å². The normalized spacial score (nSPS) is 11.3. The molecule has 120 valence electrons. The first-order valence-corrected chi connectivity index (χ1v) is 8.57. The molecule has 4 aromatic rings. The van der Waals surface area contributed by atoms with E-state index in [4.69, 9.17) is 23.2 Å². The molecule has 8 heteroatoms. The van der Waals surface area contributed by atoms with Crippen molar-refractivity contribution in [3.05, 3.63) is 57.2 Å². The molecule has 0 aliphatic rings. The minimum Gasteiger partial charge on any atom is -0.327 e. The van der Waals surface area contributed by atoms with Crippen molar-refractivity contribution in [3.63, 3.8) is 0 Å².